The van der Waals surface area contributed by atoms with Crippen molar-refractivity contribution < 1.29 is 14.3 Å². The van der Waals surface area contributed by atoms with Crippen LogP contribution < -0.4 is 10.7 Å². The van der Waals surface area contributed by atoms with Crippen LogP contribution in [0.25, 0.3) is 0 Å². The van der Waals surface area contributed by atoms with Crippen LogP contribution >= 0.6 is 0 Å². The van der Waals surface area contributed by atoms with Crippen LogP contribution in [0.4, 0.5) is 0 Å². The zero-order valence-electron chi connectivity index (χ0n) is 7.03. The lowest BCUT2D eigenvalue weighted by atomic mass is 10.3. The molecule has 0 aromatic carbocycles. The standard InChI is InChI=1S/C8H9NO4/c1-5(10)9-3-6-2-7(11)8(12)4-13-6/h2,4,12H,3H2,1H3,(H,9,10). The average molecular weight is 183 g/mol. The van der Waals surface area contributed by atoms with Gasteiger partial charge in [0.05, 0.1) is 6.54 Å². The first-order valence-corrected chi connectivity index (χ1v) is 3.64. The van der Waals surface area contributed by atoms with E-state index in [0.717, 1.165) is 12.3 Å². The molecule has 1 aromatic heterocycles. The molecule has 1 aromatic rings. The van der Waals surface area contributed by atoms with Gasteiger partial charge in [0.15, 0.2) is 5.75 Å². The molecule has 13 heavy (non-hydrogen) atoms. The van der Waals surface area contributed by atoms with Gasteiger partial charge in [-0.15, -0.1) is 0 Å². The summed E-state index contributed by atoms with van der Waals surface area (Å²) in [5, 5.41) is 11.3. The second-order valence-electron chi connectivity index (χ2n) is 2.51. The average Bonchev–Trinajstić information content (AvgIpc) is 2.07. The second-order valence-corrected chi connectivity index (χ2v) is 2.51. The van der Waals surface area contributed by atoms with Gasteiger partial charge >= 0.3 is 0 Å². The molecule has 0 aliphatic carbocycles. The van der Waals surface area contributed by atoms with Gasteiger partial charge in [-0.25, -0.2) is 0 Å². The number of amides is 1. The van der Waals surface area contributed by atoms with Crippen LogP contribution in [-0.4, -0.2) is 11.0 Å². The zero-order chi connectivity index (χ0) is 9.84. The van der Waals surface area contributed by atoms with Crippen LogP contribution in [0.2, 0.25) is 0 Å². The highest BCUT2D eigenvalue weighted by molar-refractivity contribution is 5.72. The molecule has 0 aliphatic heterocycles. The van der Waals surface area contributed by atoms with E-state index in [1.165, 1.54) is 6.92 Å². The molecule has 0 spiro atoms. The lowest BCUT2D eigenvalue weighted by Crippen LogP contribution is -2.19. The molecule has 0 bridgehead atoms. The Morgan fingerprint density at radius 2 is 2.38 bits per heavy atom. The normalized spacial score (nSPS) is 9.62. The smallest absolute Gasteiger partial charge is 0.226 e. The third-order valence-corrected chi connectivity index (χ3v) is 1.38. The lowest BCUT2D eigenvalue weighted by molar-refractivity contribution is -0.119. The largest absolute Gasteiger partial charge is 0.502 e. The van der Waals surface area contributed by atoms with Gasteiger partial charge in [0, 0.05) is 13.0 Å². The maximum atomic E-state index is 10.9. The van der Waals surface area contributed by atoms with Crippen LogP contribution in [0, 0.1) is 0 Å². The minimum atomic E-state index is -0.522. The molecule has 0 unspecified atom stereocenters. The summed E-state index contributed by atoms with van der Waals surface area (Å²) in [6.07, 6.45) is 0.944. The van der Waals surface area contributed by atoms with Crippen LogP contribution in [0.15, 0.2) is 21.5 Å². The summed E-state index contributed by atoms with van der Waals surface area (Å²) < 4.78 is 4.82. The number of hydrogen-bond donors (Lipinski definition) is 2. The van der Waals surface area contributed by atoms with Crippen molar-refractivity contribution in [2.24, 2.45) is 0 Å². The predicted molar refractivity (Wildman–Crippen MR) is 44.2 cm³/mol. The first-order valence-electron chi connectivity index (χ1n) is 3.64. The second kappa shape index (κ2) is 3.75. The molecule has 1 amide bonds. The van der Waals surface area contributed by atoms with Crippen molar-refractivity contribution in [3.8, 4) is 5.75 Å². The Labute approximate surface area is 74.0 Å². The molecule has 0 radical (unpaired) electrons. The molecule has 0 atom stereocenters. The minimum Gasteiger partial charge on any atom is -0.502 e. The maximum Gasteiger partial charge on any atom is 0.226 e. The highest BCUT2D eigenvalue weighted by Crippen LogP contribution is 2.02. The minimum absolute atomic E-state index is 0.144. The van der Waals surface area contributed by atoms with Crippen LogP contribution in [0.5, 0.6) is 5.75 Å². The van der Waals surface area contributed by atoms with Gasteiger partial charge in [0.25, 0.3) is 0 Å². The molecule has 5 heteroatoms. The fourth-order valence-electron chi connectivity index (χ4n) is 0.748. The van der Waals surface area contributed by atoms with E-state index >= 15 is 0 Å². The summed E-state index contributed by atoms with van der Waals surface area (Å²) in [5.41, 5.74) is -0.522. The first kappa shape index (κ1) is 9.31. The Hall–Kier alpha value is -1.78. The summed E-state index contributed by atoms with van der Waals surface area (Å²) in [5.74, 6) is -0.347. The molecule has 5 nitrogen and oxygen atoms in total. The number of aromatic hydroxyl groups is 1. The predicted octanol–water partition coefficient (Wildman–Crippen LogP) is -0.0185. The third-order valence-electron chi connectivity index (χ3n) is 1.38. The van der Waals surface area contributed by atoms with Crippen LogP contribution in [-0.2, 0) is 11.3 Å². The summed E-state index contributed by atoms with van der Waals surface area (Å²) in [6, 6.07) is 1.13. The highest BCUT2D eigenvalue weighted by atomic mass is 16.4. The molecule has 0 aliphatic rings. The van der Waals surface area contributed by atoms with E-state index in [-0.39, 0.29) is 12.5 Å². The molecular formula is C8H9NO4. The monoisotopic (exact) mass is 183 g/mol. The fraction of sp³-hybridized carbons (Fsp3) is 0.250. The summed E-state index contributed by atoms with van der Waals surface area (Å²) in [7, 11) is 0. The molecule has 2 N–H and O–H groups in total. The summed E-state index contributed by atoms with van der Waals surface area (Å²) in [6.45, 7) is 1.50. The topological polar surface area (TPSA) is 79.5 Å². The van der Waals surface area contributed by atoms with Crippen molar-refractivity contribution in [1.29, 1.82) is 0 Å². The number of rotatable bonds is 2. The van der Waals surface area contributed by atoms with Crippen LogP contribution in [0.1, 0.15) is 12.7 Å². The molecule has 1 heterocycles. The maximum absolute atomic E-state index is 10.9. The zero-order valence-corrected chi connectivity index (χ0v) is 7.03. The lowest BCUT2D eigenvalue weighted by Gasteiger charge is -2.00. The summed E-state index contributed by atoms with van der Waals surface area (Å²) in [4.78, 5) is 21.4. The molecule has 70 valence electrons. The van der Waals surface area contributed by atoms with E-state index in [0.29, 0.717) is 5.76 Å². The van der Waals surface area contributed by atoms with E-state index in [1.807, 2.05) is 0 Å². The molecule has 0 saturated heterocycles. The number of carbonyl (C=O) groups is 1. The van der Waals surface area contributed by atoms with Crippen molar-refractivity contribution in [2.45, 2.75) is 13.5 Å². The van der Waals surface area contributed by atoms with E-state index in [2.05, 4.69) is 5.32 Å². The number of carbonyl (C=O) groups excluding carboxylic acids is 1. The quantitative estimate of drug-likeness (QED) is 0.675. The molecule has 0 fully saturated rings. The Bertz CT molecular complexity index is 369. The van der Waals surface area contributed by atoms with Crippen LogP contribution in [0.3, 0.4) is 0 Å². The molecule has 0 saturated carbocycles. The third kappa shape index (κ3) is 2.62. The van der Waals surface area contributed by atoms with E-state index in [9.17, 15) is 9.59 Å². The number of hydrogen-bond acceptors (Lipinski definition) is 4. The fourth-order valence-corrected chi connectivity index (χ4v) is 0.748. The van der Waals surface area contributed by atoms with Gasteiger partial charge in [-0.1, -0.05) is 0 Å². The van der Waals surface area contributed by atoms with Gasteiger partial charge in [-0.3, -0.25) is 9.59 Å². The van der Waals surface area contributed by atoms with Crippen molar-refractivity contribution >= 4 is 5.91 Å². The highest BCUT2D eigenvalue weighted by Gasteiger charge is 2.01. The van der Waals surface area contributed by atoms with Gasteiger partial charge in [0.1, 0.15) is 12.0 Å². The molecule has 1 rings (SSSR count). The van der Waals surface area contributed by atoms with E-state index in [4.69, 9.17) is 9.52 Å². The Morgan fingerprint density at radius 3 is 2.92 bits per heavy atom. The van der Waals surface area contributed by atoms with Gasteiger partial charge in [-0.2, -0.15) is 0 Å². The Morgan fingerprint density at radius 1 is 1.69 bits per heavy atom. The van der Waals surface area contributed by atoms with Crippen molar-refractivity contribution in [3.05, 3.63) is 28.3 Å². The summed E-state index contributed by atoms with van der Waals surface area (Å²) >= 11 is 0. The van der Waals surface area contributed by atoms with Gasteiger partial charge in [0.2, 0.25) is 11.3 Å². The van der Waals surface area contributed by atoms with E-state index < -0.39 is 11.2 Å². The van der Waals surface area contributed by atoms with Gasteiger partial charge in [-0.05, 0) is 0 Å². The SMILES string of the molecule is CC(=O)NCc1cc(=O)c(O)co1. The van der Waals surface area contributed by atoms with E-state index in [1.54, 1.807) is 0 Å². The Kier molecular flexibility index (Phi) is 2.69. The number of nitrogens with one attached hydrogen (secondary N) is 1. The van der Waals surface area contributed by atoms with Gasteiger partial charge < -0.3 is 14.8 Å². The van der Waals surface area contributed by atoms with Crippen molar-refractivity contribution in [1.82, 2.24) is 5.32 Å². The Balaban J connectivity index is 2.74. The molecular weight excluding hydrogens is 174 g/mol. The van der Waals surface area contributed by atoms with Crippen molar-refractivity contribution in [2.75, 3.05) is 0 Å². The van der Waals surface area contributed by atoms with Crippen molar-refractivity contribution in [3.63, 3.8) is 0 Å². The first-order chi connectivity index (χ1) is 6.09.